The Morgan fingerprint density at radius 3 is 2.35 bits per heavy atom. The zero-order valence-corrected chi connectivity index (χ0v) is 12.2. The quantitative estimate of drug-likeness (QED) is 0.489. The molecule has 0 saturated carbocycles. The van der Waals surface area contributed by atoms with E-state index in [9.17, 15) is 23.3 Å². The minimum Gasteiger partial charge on any atom is -0.479 e. The van der Waals surface area contributed by atoms with Gasteiger partial charge in [0.15, 0.2) is 15.5 Å². The van der Waals surface area contributed by atoms with Gasteiger partial charge >= 0.3 is 5.97 Å². The van der Waals surface area contributed by atoms with Gasteiger partial charge in [-0.05, 0) is 10.5 Å². The molecule has 0 heterocycles. The summed E-state index contributed by atoms with van der Waals surface area (Å²) in [5.74, 6) is -1.44. The number of rotatable bonds is 3. The van der Waals surface area contributed by atoms with E-state index in [0.717, 1.165) is 18.4 Å². The Labute approximate surface area is 122 Å². The first-order valence-corrected chi connectivity index (χ1v) is 5.76. The summed E-state index contributed by atoms with van der Waals surface area (Å²) in [6.45, 7) is 0. The number of sulfone groups is 1. The smallest absolute Gasteiger partial charge is 0.311 e. The van der Waals surface area contributed by atoms with E-state index >= 15 is 0 Å². The molecule has 0 aliphatic heterocycles. The Balaban J connectivity index is 0.00000256. The second kappa shape index (κ2) is 5.66. The molecule has 0 spiro atoms. The van der Waals surface area contributed by atoms with Crippen molar-refractivity contribution in [2.75, 3.05) is 6.26 Å². The van der Waals surface area contributed by atoms with Gasteiger partial charge in [-0.15, -0.1) is 6.07 Å². The van der Waals surface area contributed by atoms with Crippen LogP contribution in [0, 0.1) is 16.2 Å². The van der Waals surface area contributed by atoms with Crippen LogP contribution in [0.15, 0.2) is 17.0 Å². The molecular weight excluding hydrogens is 327 g/mol. The summed E-state index contributed by atoms with van der Waals surface area (Å²) < 4.78 is 22.3. The Kier molecular flexibility index (Phi) is 5.37. The summed E-state index contributed by atoms with van der Waals surface area (Å²) in [6, 6.07) is 3.60. The van der Waals surface area contributed by atoms with E-state index < -0.39 is 36.9 Å². The van der Waals surface area contributed by atoms with E-state index in [-0.39, 0.29) is 32.7 Å². The minimum atomic E-state index is -3.74. The maximum atomic E-state index is 11.1. The predicted octanol–water partition coefficient (Wildman–Crippen LogP) is 0.494. The molecule has 0 unspecified atom stereocenters. The number of carboxylic acids is 1. The van der Waals surface area contributed by atoms with Crippen LogP contribution in [0.4, 0.5) is 5.69 Å². The zero-order chi connectivity index (χ0) is 12.5. The van der Waals surface area contributed by atoms with E-state index in [1.165, 1.54) is 0 Å². The topological polar surface area (TPSA) is 115 Å². The number of carboxylic acid groups (broad SMARTS) is 1. The van der Waals surface area contributed by atoms with Crippen LogP contribution in [0.3, 0.4) is 0 Å². The van der Waals surface area contributed by atoms with Gasteiger partial charge in [-0.2, -0.15) is 0 Å². The first kappa shape index (κ1) is 16.1. The van der Waals surface area contributed by atoms with Crippen molar-refractivity contribution in [3.8, 4) is 0 Å². The number of non-ortho nitro benzene ring substituents is 1. The standard InChI is InChI=1S/C8H6NO6S.Y/c1-16(14,15)7-3-5(8(10)11)2-6(4-7)9(12)13;/h2-3H,1H3,(H,10,11);/q-1;. The fourth-order valence-electron chi connectivity index (χ4n) is 0.950. The monoisotopic (exact) mass is 333 g/mol. The summed E-state index contributed by atoms with van der Waals surface area (Å²) in [7, 11) is -3.74. The number of benzene rings is 1. The van der Waals surface area contributed by atoms with Gasteiger partial charge in [-0.3, -0.25) is 10.1 Å². The maximum absolute atomic E-state index is 11.1. The van der Waals surface area contributed by atoms with E-state index in [1.807, 2.05) is 6.07 Å². The van der Waals surface area contributed by atoms with Gasteiger partial charge in [0, 0.05) is 43.9 Å². The molecule has 7 nitrogen and oxygen atoms in total. The van der Waals surface area contributed by atoms with Crippen molar-refractivity contribution in [3.05, 3.63) is 33.9 Å². The van der Waals surface area contributed by atoms with Gasteiger partial charge < -0.3 is 5.11 Å². The number of nitro benzene ring substituents is 1. The van der Waals surface area contributed by atoms with E-state index in [0.29, 0.717) is 0 Å². The van der Waals surface area contributed by atoms with Crippen molar-refractivity contribution in [1.29, 1.82) is 0 Å². The maximum Gasteiger partial charge on any atom is 0.311 e. The van der Waals surface area contributed by atoms with Gasteiger partial charge in [-0.1, -0.05) is 12.1 Å². The van der Waals surface area contributed by atoms with Crippen molar-refractivity contribution < 1.29 is 56.0 Å². The third-order valence-electron chi connectivity index (χ3n) is 1.67. The van der Waals surface area contributed by atoms with Crippen LogP contribution < -0.4 is 0 Å². The Morgan fingerprint density at radius 1 is 1.47 bits per heavy atom. The van der Waals surface area contributed by atoms with Crippen molar-refractivity contribution in [1.82, 2.24) is 0 Å². The van der Waals surface area contributed by atoms with Crippen LogP contribution in [0.5, 0.6) is 0 Å². The fraction of sp³-hybridized carbons (Fsp3) is 0.125. The van der Waals surface area contributed by atoms with E-state index in [2.05, 4.69) is 0 Å². The van der Waals surface area contributed by atoms with Gasteiger partial charge in [0.25, 0.3) is 0 Å². The molecule has 0 fully saturated rings. The number of carbonyl (C=O) groups is 1. The van der Waals surface area contributed by atoms with Crippen LogP contribution >= 0.6 is 0 Å². The summed E-state index contributed by atoms with van der Waals surface area (Å²) in [6.07, 6.45) is 0.814. The van der Waals surface area contributed by atoms with Crippen molar-refractivity contribution >= 4 is 21.5 Å². The molecule has 89 valence electrons. The largest absolute Gasteiger partial charge is 0.479 e. The third kappa shape index (κ3) is 4.14. The molecule has 17 heavy (non-hydrogen) atoms. The molecule has 1 rings (SSSR count). The van der Waals surface area contributed by atoms with Gasteiger partial charge in [0.05, 0.1) is 0 Å². The van der Waals surface area contributed by atoms with Crippen LogP contribution in [0.1, 0.15) is 10.4 Å². The molecule has 1 aromatic carbocycles. The second-order valence-corrected chi connectivity index (χ2v) is 4.94. The summed E-state index contributed by atoms with van der Waals surface area (Å²) in [4.78, 5) is 19.6. The summed E-state index contributed by atoms with van der Waals surface area (Å²) >= 11 is 0. The molecule has 0 atom stereocenters. The number of nitro groups is 1. The normalized spacial score (nSPS) is 10.4. The average Bonchev–Trinajstić information content (AvgIpc) is 2.15. The van der Waals surface area contributed by atoms with Crippen LogP contribution in [0.25, 0.3) is 0 Å². The molecule has 1 aromatic rings. The minimum absolute atomic E-state index is 0. The molecule has 0 amide bonds. The molecule has 0 aromatic heterocycles. The molecule has 0 bridgehead atoms. The first-order chi connectivity index (χ1) is 7.21. The average molecular weight is 333 g/mol. The fourth-order valence-corrected chi connectivity index (χ4v) is 1.58. The van der Waals surface area contributed by atoms with Crippen molar-refractivity contribution in [3.63, 3.8) is 0 Å². The zero-order valence-electron chi connectivity index (χ0n) is 8.58. The van der Waals surface area contributed by atoms with E-state index in [4.69, 9.17) is 5.11 Å². The number of nitrogens with zero attached hydrogens (tertiary/aromatic N) is 1. The molecule has 0 aliphatic carbocycles. The molecule has 0 aliphatic rings. The first-order valence-electron chi connectivity index (χ1n) is 3.87. The van der Waals surface area contributed by atoms with Crippen LogP contribution in [-0.2, 0) is 42.5 Å². The predicted molar refractivity (Wildman–Crippen MR) is 52.0 cm³/mol. The van der Waals surface area contributed by atoms with Gasteiger partial charge in [-0.25, -0.2) is 13.2 Å². The van der Waals surface area contributed by atoms with Crippen molar-refractivity contribution in [2.45, 2.75) is 4.90 Å². The SMILES string of the molecule is CS(=O)(=O)c1[c-]c([N+](=O)[O-])cc(C(=O)O)c1.[Y]. The van der Waals surface area contributed by atoms with Crippen molar-refractivity contribution in [2.24, 2.45) is 0 Å². The number of hydrogen-bond donors (Lipinski definition) is 1. The van der Waals surface area contributed by atoms with Crippen LogP contribution in [-0.4, -0.2) is 30.7 Å². The molecule has 1 N–H and O–H groups in total. The molecule has 0 saturated heterocycles. The Morgan fingerprint density at radius 2 is 2.00 bits per heavy atom. The second-order valence-electron chi connectivity index (χ2n) is 2.95. The molecule has 9 heteroatoms. The summed E-state index contributed by atoms with van der Waals surface area (Å²) in [5.41, 5.74) is -1.16. The Hall–Kier alpha value is -0.856. The van der Waals surface area contributed by atoms with E-state index in [1.54, 1.807) is 0 Å². The molecule has 1 radical (unpaired) electrons. The van der Waals surface area contributed by atoms with Gasteiger partial charge in [0.1, 0.15) is 0 Å². The summed E-state index contributed by atoms with van der Waals surface area (Å²) in [5, 5.41) is 19.1. The molecular formula is C8H6NO6SY-. The third-order valence-corrected chi connectivity index (χ3v) is 2.69. The van der Waals surface area contributed by atoms with Crippen LogP contribution in [0.2, 0.25) is 0 Å². The van der Waals surface area contributed by atoms with Gasteiger partial charge in [0.2, 0.25) is 0 Å². The number of aromatic carboxylic acids is 1. The Bertz CT molecular complexity index is 535. The number of hydrogen-bond acceptors (Lipinski definition) is 5.